The molecule has 0 saturated carbocycles. The fraction of sp³-hybridized carbons (Fsp3) is 0.250. The van der Waals surface area contributed by atoms with Crippen LogP contribution in [0.15, 0.2) is 41.5 Å². The van der Waals surface area contributed by atoms with E-state index in [1.165, 1.54) is 7.11 Å². The number of hydrazone groups is 1. The van der Waals surface area contributed by atoms with Crippen molar-refractivity contribution in [3.63, 3.8) is 0 Å². The summed E-state index contributed by atoms with van der Waals surface area (Å²) in [5, 5.41) is 7.47. The van der Waals surface area contributed by atoms with Gasteiger partial charge in [-0.1, -0.05) is 29.3 Å². The molecule has 0 aliphatic rings. The van der Waals surface area contributed by atoms with Gasteiger partial charge in [-0.15, -0.1) is 0 Å². The van der Waals surface area contributed by atoms with Crippen LogP contribution in [0, 0.1) is 0 Å². The Labute approximate surface area is 179 Å². The molecular weight excluding hydrogens is 417 g/mol. The van der Waals surface area contributed by atoms with E-state index < -0.39 is 0 Å². The van der Waals surface area contributed by atoms with Crippen LogP contribution in [-0.4, -0.2) is 31.7 Å². The highest BCUT2D eigenvalue weighted by molar-refractivity contribution is 6.35. The third-order valence-corrected chi connectivity index (χ3v) is 4.18. The molecule has 2 N–H and O–H groups in total. The third-order valence-electron chi connectivity index (χ3n) is 3.75. The second-order valence-corrected chi connectivity index (χ2v) is 7.00. The molecule has 0 aliphatic heterocycles. The number of carbonyl (C=O) groups is 2. The van der Waals surface area contributed by atoms with Crippen LogP contribution in [0.25, 0.3) is 0 Å². The Bertz CT molecular complexity index is 912. The van der Waals surface area contributed by atoms with Crippen LogP contribution in [0.3, 0.4) is 0 Å². The van der Waals surface area contributed by atoms with Gasteiger partial charge in [0.15, 0.2) is 11.5 Å². The molecule has 0 bridgehead atoms. The highest BCUT2D eigenvalue weighted by atomic mass is 35.5. The first kappa shape index (κ1) is 22.5. The number of nitrogens with one attached hydrogen (secondary N) is 2. The number of anilines is 1. The van der Waals surface area contributed by atoms with Crippen molar-refractivity contribution < 1.29 is 19.1 Å². The molecule has 0 atom stereocenters. The van der Waals surface area contributed by atoms with Crippen molar-refractivity contribution in [1.29, 1.82) is 0 Å². The average Bonchev–Trinajstić information content (AvgIpc) is 2.65. The van der Waals surface area contributed by atoms with Gasteiger partial charge in [0.05, 0.1) is 27.1 Å². The summed E-state index contributed by atoms with van der Waals surface area (Å²) in [6.45, 7) is 1.64. The van der Waals surface area contributed by atoms with Crippen molar-refractivity contribution in [3.05, 3.63) is 52.0 Å². The van der Waals surface area contributed by atoms with Gasteiger partial charge in [0.2, 0.25) is 11.8 Å². The number of halogens is 2. The lowest BCUT2D eigenvalue weighted by Gasteiger charge is -2.09. The van der Waals surface area contributed by atoms with Crippen molar-refractivity contribution in [1.82, 2.24) is 5.43 Å². The number of carbonyl (C=O) groups excluding carboxylic acids is 2. The van der Waals surface area contributed by atoms with E-state index in [1.54, 1.807) is 50.4 Å². The molecule has 0 aromatic heterocycles. The Hall–Kier alpha value is -2.77. The highest BCUT2D eigenvalue weighted by Crippen LogP contribution is 2.27. The van der Waals surface area contributed by atoms with E-state index in [0.717, 1.165) is 5.56 Å². The Morgan fingerprint density at radius 3 is 2.24 bits per heavy atom. The molecule has 0 radical (unpaired) electrons. The molecule has 2 amide bonds. The summed E-state index contributed by atoms with van der Waals surface area (Å²) in [5.41, 5.74) is 4.10. The average molecular weight is 438 g/mol. The first-order valence-electron chi connectivity index (χ1n) is 8.59. The highest BCUT2D eigenvalue weighted by Gasteiger charge is 2.09. The number of rotatable bonds is 8. The summed E-state index contributed by atoms with van der Waals surface area (Å²) in [5.74, 6) is 0.491. The van der Waals surface area contributed by atoms with Gasteiger partial charge >= 0.3 is 0 Å². The van der Waals surface area contributed by atoms with Gasteiger partial charge in [-0.25, -0.2) is 5.43 Å². The summed E-state index contributed by atoms with van der Waals surface area (Å²) in [6, 6.07) is 9.95. The molecule has 2 rings (SSSR count). The van der Waals surface area contributed by atoms with Crippen LogP contribution < -0.4 is 20.2 Å². The topological polar surface area (TPSA) is 89.0 Å². The van der Waals surface area contributed by atoms with Gasteiger partial charge < -0.3 is 14.8 Å². The minimum atomic E-state index is -0.321. The predicted molar refractivity (Wildman–Crippen MR) is 114 cm³/mol. The van der Waals surface area contributed by atoms with E-state index in [-0.39, 0.29) is 24.7 Å². The van der Waals surface area contributed by atoms with Crippen molar-refractivity contribution in [2.45, 2.75) is 19.8 Å². The number of methoxy groups -OCH3 is 2. The van der Waals surface area contributed by atoms with E-state index in [4.69, 9.17) is 32.7 Å². The number of hydrogen-bond donors (Lipinski definition) is 2. The van der Waals surface area contributed by atoms with Gasteiger partial charge in [-0.3, -0.25) is 9.59 Å². The fourth-order valence-corrected chi connectivity index (χ4v) is 3.00. The third kappa shape index (κ3) is 7.29. The van der Waals surface area contributed by atoms with Crippen LogP contribution in [0.5, 0.6) is 11.5 Å². The Morgan fingerprint density at radius 2 is 1.62 bits per heavy atom. The number of hydrogen-bond acceptors (Lipinski definition) is 5. The second kappa shape index (κ2) is 10.7. The van der Waals surface area contributed by atoms with Gasteiger partial charge in [0.1, 0.15) is 0 Å². The van der Waals surface area contributed by atoms with Crippen LogP contribution in [0.1, 0.15) is 18.9 Å². The van der Waals surface area contributed by atoms with E-state index in [9.17, 15) is 9.59 Å². The van der Waals surface area contributed by atoms with Gasteiger partial charge in [-0.05, 0) is 42.8 Å². The summed E-state index contributed by atoms with van der Waals surface area (Å²) in [7, 11) is 3.07. The van der Waals surface area contributed by atoms with E-state index >= 15 is 0 Å². The summed E-state index contributed by atoms with van der Waals surface area (Å²) < 4.78 is 10.4. The summed E-state index contributed by atoms with van der Waals surface area (Å²) in [4.78, 5) is 24.2. The minimum absolute atomic E-state index is 0.000765. The fourth-order valence-electron chi connectivity index (χ4n) is 2.48. The molecular formula is C20H21Cl2N3O4. The summed E-state index contributed by atoms with van der Waals surface area (Å²) >= 11 is 11.8. The first-order valence-corrected chi connectivity index (χ1v) is 9.35. The van der Waals surface area contributed by atoms with Crippen molar-refractivity contribution >= 4 is 46.4 Å². The van der Waals surface area contributed by atoms with E-state index in [0.29, 0.717) is 32.9 Å². The SMILES string of the molecule is COc1ccc(CC(=O)N/N=C(/C)CC(=O)Nc2cc(Cl)cc(Cl)c2)cc1OC. The molecule has 9 heteroatoms. The minimum Gasteiger partial charge on any atom is -0.493 e. The van der Waals surface area contributed by atoms with Crippen LogP contribution in [0.2, 0.25) is 10.0 Å². The molecule has 154 valence electrons. The maximum Gasteiger partial charge on any atom is 0.244 e. The number of ether oxygens (including phenoxy) is 2. The zero-order chi connectivity index (χ0) is 21.4. The standard InChI is InChI=1S/C20H21Cl2N3O4/c1-12(6-19(26)23-16-10-14(21)9-15(22)11-16)24-25-20(27)8-13-4-5-17(28-2)18(7-13)29-3/h4-5,7,9-11H,6,8H2,1-3H3,(H,23,26)(H,25,27)/b24-12-. The lowest BCUT2D eigenvalue weighted by molar-refractivity contribution is -0.120. The molecule has 0 saturated heterocycles. The molecule has 0 fully saturated rings. The van der Waals surface area contributed by atoms with Crippen LogP contribution >= 0.6 is 23.2 Å². The van der Waals surface area contributed by atoms with Gasteiger partial charge in [-0.2, -0.15) is 5.10 Å². The molecule has 0 heterocycles. The molecule has 2 aromatic rings. The Kier molecular flexibility index (Phi) is 8.30. The first-order chi connectivity index (χ1) is 13.8. The lowest BCUT2D eigenvalue weighted by atomic mass is 10.1. The quantitative estimate of drug-likeness (QED) is 0.480. The van der Waals surface area contributed by atoms with E-state index in [2.05, 4.69) is 15.8 Å². The molecule has 0 unspecified atom stereocenters. The van der Waals surface area contributed by atoms with Crippen molar-refractivity contribution in [3.8, 4) is 11.5 Å². The Balaban J connectivity index is 1.88. The van der Waals surface area contributed by atoms with E-state index in [1.807, 2.05) is 0 Å². The zero-order valence-electron chi connectivity index (χ0n) is 16.2. The maximum atomic E-state index is 12.1. The smallest absolute Gasteiger partial charge is 0.244 e. The maximum absolute atomic E-state index is 12.1. The van der Waals surface area contributed by atoms with Crippen molar-refractivity contribution in [2.75, 3.05) is 19.5 Å². The van der Waals surface area contributed by atoms with Gasteiger partial charge in [0, 0.05) is 21.4 Å². The van der Waals surface area contributed by atoms with Gasteiger partial charge in [0.25, 0.3) is 0 Å². The second-order valence-electron chi connectivity index (χ2n) is 6.13. The largest absolute Gasteiger partial charge is 0.493 e. The molecule has 0 aliphatic carbocycles. The number of amides is 2. The number of nitrogens with zero attached hydrogens (tertiary/aromatic N) is 1. The lowest BCUT2D eigenvalue weighted by Crippen LogP contribution is -2.23. The normalized spacial score (nSPS) is 11.0. The molecule has 7 nitrogen and oxygen atoms in total. The van der Waals surface area contributed by atoms with Crippen molar-refractivity contribution in [2.24, 2.45) is 5.10 Å². The molecule has 0 spiro atoms. The molecule has 29 heavy (non-hydrogen) atoms. The summed E-state index contributed by atoms with van der Waals surface area (Å²) in [6.07, 6.45) is 0.102. The monoisotopic (exact) mass is 437 g/mol. The molecule has 2 aromatic carbocycles. The van der Waals surface area contributed by atoms with Crippen LogP contribution in [-0.2, 0) is 16.0 Å². The predicted octanol–water partition coefficient (Wildman–Crippen LogP) is 4.07. The number of benzene rings is 2. The zero-order valence-corrected chi connectivity index (χ0v) is 17.7. The van der Waals surface area contributed by atoms with Crippen LogP contribution in [0.4, 0.5) is 5.69 Å². The Morgan fingerprint density at radius 1 is 0.966 bits per heavy atom.